The summed E-state index contributed by atoms with van der Waals surface area (Å²) in [6.07, 6.45) is 0. The fourth-order valence-electron chi connectivity index (χ4n) is 15.2. The summed E-state index contributed by atoms with van der Waals surface area (Å²) >= 11 is 0. The largest absolute Gasteiger partial charge is 0.311 e. The van der Waals surface area contributed by atoms with Gasteiger partial charge in [-0.25, -0.2) is 0 Å². The molecule has 4 aliphatic rings. The van der Waals surface area contributed by atoms with Gasteiger partial charge in [-0.05, 0) is 155 Å². The third-order valence-electron chi connectivity index (χ3n) is 18.6. The van der Waals surface area contributed by atoms with E-state index in [1.165, 1.54) is 127 Å². The van der Waals surface area contributed by atoms with Gasteiger partial charge in [0, 0.05) is 44.9 Å². The van der Waals surface area contributed by atoms with Gasteiger partial charge in [0.05, 0.1) is 22.1 Å². The SMILES string of the molecule is c1ccc(-c2ccc(N3c4ccc(-c5ccccc5)cc4B4c5cc(-c6ccccc6)ccc5N(c5ccc6c(c5)C5(c7ccccc7-c7ccccc75)c5ccccc5-6)c5cc(-n6c7ccccc7c7ccccc76)cc3c54)cc2)cc1. The maximum atomic E-state index is 2.63. The van der Waals surface area contributed by atoms with Crippen molar-refractivity contribution >= 4 is 79.0 Å². The van der Waals surface area contributed by atoms with Gasteiger partial charge in [-0.2, -0.15) is 0 Å². The molecule has 0 saturated heterocycles. The maximum Gasteiger partial charge on any atom is 0.252 e. The lowest BCUT2D eigenvalue weighted by atomic mass is 9.33. The average molecular weight is 1050 g/mol. The summed E-state index contributed by atoms with van der Waals surface area (Å²) in [5.74, 6) is 0. The molecule has 4 heteroatoms. The molecule has 1 aromatic heterocycles. The van der Waals surface area contributed by atoms with E-state index in [4.69, 9.17) is 0 Å². The summed E-state index contributed by atoms with van der Waals surface area (Å²) in [6.45, 7) is -0.140. The van der Waals surface area contributed by atoms with Crippen LogP contribution < -0.4 is 26.2 Å². The number of benzene rings is 13. The Balaban J connectivity index is 0.967. The Labute approximate surface area is 483 Å². The molecule has 0 saturated carbocycles. The van der Waals surface area contributed by atoms with Crippen LogP contribution in [0, 0.1) is 0 Å². The number of para-hydroxylation sites is 2. The first-order valence-corrected chi connectivity index (χ1v) is 28.9. The standard InChI is InChI=1S/C79H50BN3/c1-4-20-51(21-5-1)54-36-40-57(41-37-54)81-74-44-38-55(52-22-6-2-7-23-52)46-70(74)80-71-47-56(53-24-8-3-9-25-53)39-45-75(71)82(77-50-59(49-76(81)78(77)80)83-72-34-18-13-29-64(72)65-30-14-19-35-73(65)83)58-42-43-63-62-28-12-17-33-68(62)79(69(63)48-58)66-31-15-10-26-60(66)61-27-11-16-32-67(61)79/h1-50H. The second-order valence-electron chi connectivity index (χ2n) is 22.7. The minimum atomic E-state index is -0.521. The van der Waals surface area contributed by atoms with Crippen molar-refractivity contribution in [1.82, 2.24) is 4.57 Å². The predicted molar refractivity (Wildman–Crippen MR) is 347 cm³/mol. The number of anilines is 6. The molecule has 2 aliphatic heterocycles. The lowest BCUT2D eigenvalue weighted by Crippen LogP contribution is -2.61. The first-order chi connectivity index (χ1) is 41.2. The Hall–Kier alpha value is -10.7. The highest BCUT2D eigenvalue weighted by molar-refractivity contribution is 7.00. The topological polar surface area (TPSA) is 11.4 Å². The van der Waals surface area contributed by atoms with Crippen LogP contribution in [0.25, 0.3) is 83.1 Å². The van der Waals surface area contributed by atoms with Crippen LogP contribution in [0.1, 0.15) is 22.3 Å². The van der Waals surface area contributed by atoms with E-state index >= 15 is 0 Å². The molecular formula is C79H50BN3. The summed E-state index contributed by atoms with van der Waals surface area (Å²) in [7, 11) is 0. The zero-order valence-electron chi connectivity index (χ0n) is 45.3. The van der Waals surface area contributed by atoms with E-state index < -0.39 is 5.41 Å². The second kappa shape index (κ2) is 17.7. The van der Waals surface area contributed by atoms with Gasteiger partial charge >= 0.3 is 0 Å². The van der Waals surface area contributed by atoms with Crippen LogP contribution in [0.3, 0.4) is 0 Å². The molecule has 13 aromatic carbocycles. The van der Waals surface area contributed by atoms with Crippen LogP contribution in [-0.4, -0.2) is 11.3 Å². The van der Waals surface area contributed by atoms with Gasteiger partial charge in [-0.3, -0.25) is 0 Å². The molecule has 0 amide bonds. The highest BCUT2D eigenvalue weighted by Gasteiger charge is 2.52. The second-order valence-corrected chi connectivity index (χ2v) is 22.7. The first-order valence-electron chi connectivity index (χ1n) is 28.9. The molecule has 3 heterocycles. The van der Waals surface area contributed by atoms with Crippen molar-refractivity contribution in [2.24, 2.45) is 0 Å². The van der Waals surface area contributed by atoms with E-state index in [9.17, 15) is 0 Å². The summed E-state index contributed by atoms with van der Waals surface area (Å²) in [5, 5.41) is 2.46. The van der Waals surface area contributed by atoms with Crippen LogP contribution in [0.4, 0.5) is 34.1 Å². The van der Waals surface area contributed by atoms with E-state index in [2.05, 4.69) is 318 Å². The molecule has 83 heavy (non-hydrogen) atoms. The number of aromatic nitrogens is 1. The molecule has 1 spiro atoms. The van der Waals surface area contributed by atoms with Gasteiger partial charge in [-0.15, -0.1) is 0 Å². The predicted octanol–water partition coefficient (Wildman–Crippen LogP) is 18.2. The van der Waals surface area contributed by atoms with Gasteiger partial charge in [-0.1, -0.05) is 243 Å². The zero-order chi connectivity index (χ0) is 54.3. The summed E-state index contributed by atoms with van der Waals surface area (Å²) in [5.41, 5.74) is 31.2. The lowest BCUT2D eigenvalue weighted by Gasteiger charge is -2.45. The first kappa shape index (κ1) is 46.1. The number of rotatable bonds is 6. The van der Waals surface area contributed by atoms with E-state index in [1.807, 2.05) is 0 Å². The van der Waals surface area contributed by atoms with Gasteiger partial charge < -0.3 is 14.4 Å². The Bertz CT molecular complexity index is 4870. The minimum Gasteiger partial charge on any atom is -0.311 e. The van der Waals surface area contributed by atoms with Gasteiger partial charge in [0.2, 0.25) is 0 Å². The summed E-state index contributed by atoms with van der Waals surface area (Å²) < 4.78 is 2.51. The number of fused-ring (bicyclic) bond motifs is 17. The number of hydrogen-bond donors (Lipinski definition) is 0. The van der Waals surface area contributed by atoms with E-state index in [0.29, 0.717) is 0 Å². The molecule has 14 aromatic rings. The molecule has 0 unspecified atom stereocenters. The normalized spacial score (nSPS) is 13.6. The number of nitrogens with zero attached hydrogens (tertiary/aromatic N) is 3. The Morgan fingerprint density at radius 1 is 0.253 bits per heavy atom. The van der Waals surface area contributed by atoms with Crippen LogP contribution in [0.5, 0.6) is 0 Å². The summed E-state index contributed by atoms with van der Waals surface area (Å²) in [6, 6.07) is 114. The van der Waals surface area contributed by atoms with Gasteiger partial charge in [0.15, 0.2) is 0 Å². The molecule has 2 aliphatic carbocycles. The smallest absolute Gasteiger partial charge is 0.252 e. The third kappa shape index (κ3) is 6.52. The van der Waals surface area contributed by atoms with Crippen LogP contribution in [0.15, 0.2) is 303 Å². The fraction of sp³-hybridized carbons (Fsp3) is 0.0127. The van der Waals surface area contributed by atoms with Crippen molar-refractivity contribution in [2.45, 2.75) is 5.41 Å². The molecule has 384 valence electrons. The Morgan fingerprint density at radius 2 is 0.639 bits per heavy atom. The molecule has 18 rings (SSSR count). The van der Waals surface area contributed by atoms with E-state index in [1.54, 1.807) is 0 Å². The molecule has 0 fully saturated rings. The molecule has 0 N–H and O–H groups in total. The monoisotopic (exact) mass is 1050 g/mol. The fourth-order valence-corrected chi connectivity index (χ4v) is 15.2. The highest BCUT2D eigenvalue weighted by Crippen LogP contribution is 2.63. The average Bonchev–Trinajstić information content (AvgIpc) is 2.66. The number of hydrogen-bond acceptors (Lipinski definition) is 2. The summed E-state index contributed by atoms with van der Waals surface area (Å²) in [4.78, 5) is 5.19. The highest BCUT2D eigenvalue weighted by atomic mass is 15.2. The van der Waals surface area contributed by atoms with E-state index in [0.717, 1.165) is 28.4 Å². The van der Waals surface area contributed by atoms with Crippen molar-refractivity contribution in [1.29, 1.82) is 0 Å². The van der Waals surface area contributed by atoms with E-state index in [-0.39, 0.29) is 6.71 Å². The van der Waals surface area contributed by atoms with Crippen molar-refractivity contribution in [3.8, 4) is 61.3 Å². The molecule has 0 atom stereocenters. The quantitative estimate of drug-likeness (QED) is 0.154. The van der Waals surface area contributed by atoms with Crippen LogP contribution >= 0.6 is 0 Å². The van der Waals surface area contributed by atoms with Crippen molar-refractivity contribution < 1.29 is 0 Å². The third-order valence-corrected chi connectivity index (χ3v) is 18.6. The maximum absolute atomic E-state index is 2.63. The minimum absolute atomic E-state index is 0.140. The van der Waals surface area contributed by atoms with Crippen LogP contribution in [0.2, 0.25) is 0 Å². The molecule has 3 nitrogen and oxygen atoms in total. The zero-order valence-corrected chi connectivity index (χ0v) is 45.3. The molecular weight excluding hydrogens is 1000 g/mol. The van der Waals surface area contributed by atoms with Crippen LogP contribution in [-0.2, 0) is 5.41 Å². The molecule has 0 bridgehead atoms. The van der Waals surface area contributed by atoms with Crippen molar-refractivity contribution in [3.05, 3.63) is 326 Å². The van der Waals surface area contributed by atoms with Gasteiger partial charge in [0.25, 0.3) is 6.71 Å². The lowest BCUT2D eigenvalue weighted by molar-refractivity contribution is 0.793. The molecule has 0 radical (unpaired) electrons. The van der Waals surface area contributed by atoms with Gasteiger partial charge in [0.1, 0.15) is 0 Å². The Morgan fingerprint density at radius 3 is 1.14 bits per heavy atom. The van der Waals surface area contributed by atoms with Crippen molar-refractivity contribution in [3.63, 3.8) is 0 Å². The Kier molecular flexibility index (Phi) is 9.81. The van der Waals surface area contributed by atoms with Crippen molar-refractivity contribution in [2.75, 3.05) is 9.80 Å².